The molecule has 0 aliphatic rings. The number of nitrogens with zero attached hydrogens (tertiary/aromatic N) is 2. The lowest BCUT2D eigenvalue weighted by Gasteiger charge is -2.16. The second-order valence-electron chi connectivity index (χ2n) is 5.93. The van der Waals surface area contributed by atoms with Crippen molar-refractivity contribution in [3.8, 4) is 5.69 Å². The third-order valence-corrected chi connectivity index (χ3v) is 3.97. The summed E-state index contributed by atoms with van der Waals surface area (Å²) in [4.78, 5) is 12.2. The monoisotopic (exact) mass is 356 g/mol. The van der Waals surface area contributed by atoms with E-state index in [9.17, 15) is 13.6 Å². The van der Waals surface area contributed by atoms with Crippen LogP contribution in [0.4, 0.5) is 19.3 Å². The molecule has 0 aliphatic carbocycles. The van der Waals surface area contributed by atoms with Gasteiger partial charge in [0.25, 0.3) is 0 Å². The first kappa shape index (κ1) is 17.6. The summed E-state index contributed by atoms with van der Waals surface area (Å²) in [6.45, 7) is 3.62. The van der Waals surface area contributed by atoms with Crippen LogP contribution < -0.4 is 10.6 Å². The van der Waals surface area contributed by atoms with Crippen LogP contribution in [0, 0.1) is 18.6 Å². The van der Waals surface area contributed by atoms with Crippen molar-refractivity contribution in [2.75, 3.05) is 5.32 Å². The minimum Gasteiger partial charge on any atom is -0.331 e. The number of aryl methyl sites for hydroxylation is 1. The van der Waals surface area contributed by atoms with Gasteiger partial charge in [0, 0.05) is 17.6 Å². The van der Waals surface area contributed by atoms with Crippen molar-refractivity contribution in [1.82, 2.24) is 15.1 Å². The molecule has 134 valence electrons. The molecular weight excluding hydrogens is 338 g/mol. The summed E-state index contributed by atoms with van der Waals surface area (Å²) in [6.07, 6.45) is 1.70. The predicted octanol–water partition coefficient (Wildman–Crippen LogP) is 4.34. The molecule has 5 nitrogen and oxygen atoms in total. The maximum Gasteiger partial charge on any atom is 0.319 e. The van der Waals surface area contributed by atoms with Crippen LogP contribution in [-0.2, 0) is 0 Å². The summed E-state index contributed by atoms with van der Waals surface area (Å²) in [5.74, 6) is -1.87. The molecule has 0 saturated heterocycles. The minimum atomic E-state index is -0.946. The van der Waals surface area contributed by atoms with Crippen molar-refractivity contribution in [3.05, 3.63) is 77.6 Å². The van der Waals surface area contributed by atoms with Crippen LogP contribution >= 0.6 is 0 Å². The minimum absolute atomic E-state index is 0.448. The van der Waals surface area contributed by atoms with E-state index < -0.39 is 23.7 Å². The van der Waals surface area contributed by atoms with Gasteiger partial charge in [0.1, 0.15) is 0 Å². The molecule has 2 N–H and O–H groups in total. The first-order chi connectivity index (χ1) is 12.4. The van der Waals surface area contributed by atoms with E-state index in [2.05, 4.69) is 15.7 Å². The van der Waals surface area contributed by atoms with E-state index in [4.69, 9.17) is 0 Å². The number of benzene rings is 2. The largest absolute Gasteiger partial charge is 0.331 e. The van der Waals surface area contributed by atoms with Gasteiger partial charge in [0.2, 0.25) is 0 Å². The Morgan fingerprint density at radius 3 is 2.62 bits per heavy atom. The van der Waals surface area contributed by atoms with Crippen molar-refractivity contribution < 1.29 is 13.6 Å². The van der Waals surface area contributed by atoms with Crippen LogP contribution in [0.3, 0.4) is 0 Å². The summed E-state index contributed by atoms with van der Waals surface area (Å²) in [7, 11) is 0. The van der Waals surface area contributed by atoms with Crippen LogP contribution in [-0.4, -0.2) is 15.8 Å². The molecule has 1 heterocycles. The van der Waals surface area contributed by atoms with Crippen molar-refractivity contribution >= 4 is 11.7 Å². The molecule has 0 aliphatic heterocycles. The van der Waals surface area contributed by atoms with Crippen LogP contribution in [0.15, 0.2) is 54.7 Å². The number of aromatic nitrogens is 2. The van der Waals surface area contributed by atoms with Gasteiger partial charge in [-0.15, -0.1) is 0 Å². The van der Waals surface area contributed by atoms with E-state index >= 15 is 0 Å². The first-order valence-corrected chi connectivity index (χ1v) is 8.07. The maximum atomic E-state index is 13.3. The number of hydrogen-bond acceptors (Lipinski definition) is 2. The molecule has 0 radical (unpaired) electrons. The number of nitrogens with one attached hydrogen (secondary N) is 2. The fourth-order valence-electron chi connectivity index (χ4n) is 2.58. The van der Waals surface area contributed by atoms with E-state index in [1.807, 2.05) is 25.1 Å². The molecule has 0 bridgehead atoms. The van der Waals surface area contributed by atoms with Gasteiger partial charge in [-0.2, -0.15) is 5.10 Å². The number of halogens is 2. The zero-order valence-corrected chi connectivity index (χ0v) is 14.3. The second kappa shape index (κ2) is 7.35. The van der Waals surface area contributed by atoms with Crippen molar-refractivity contribution in [2.45, 2.75) is 19.9 Å². The first-order valence-electron chi connectivity index (χ1n) is 8.07. The van der Waals surface area contributed by atoms with Crippen molar-refractivity contribution in [1.29, 1.82) is 0 Å². The number of rotatable bonds is 4. The highest BCUT2D eigenvalue weighted by atomic mass is 19.2. The number of urea groups is 1. The van der Waals surface area contributed by atoms with E-state index in [1.165, 1.54) is 6.07 Å². The van der Waals surface area contributed by atoms with Crippen LogP contribution in [0.5, 0.6) is 0 Å². The molecule has 0 spiro atoms. The lowest BCUT2D eigenvalue weighted by Crippen LogP contribution is -2.31. The number of hydrogen-bond donors (Lipinski definition) is 2. The Morgan fingerprint density at radius 2 is 1.92 bits per heavy atom. The number of carbonyl (C=O) groups is 1. The molecule has 0 fully saturated rings. The molecule has 3 aromatic rings. The van der Waals surface area contributed by atoms with E-state index in [0.29, 0.717) is 11.3 Å². The number of amides is 2. The van der Waals surface area contributed by atoms with Gasteiger partial charge in [-0.3, -0.25) is 0 Å². The van der Waals surface area contributed by atoms with Crippen LogP contribution in [0.25, 0.3) is 5.69 Å². The van der Waals surface area contributed by atoms with E-state index in [-0.39, 0.29) is 0 Å². The topological polar surface area (TPSA) is 59.0 Å². The third-order valence-electron chi connectivity index (χ3n) is 3.97. The zero-order valence-electron chi connectivity index (χ0n) is 14.3. The number of carbonyl (C=O) groups excluding carboxylic acids is 1. The summed E-state index contributed by atoms with van der Waals surface area (Å²) >= 11 is 0. The van der Waals surface area contributed by atoms with Crippen molar-refractivity contribution in [3.63, 3.8) is 0 Å². The normalized spacial score (nSPS) is 11.8. The van der Waals surface area contributed by atoms with Gasteiger partial charge in [0.05, 0.1) is 11.7 Å². The lowest BCUT2D eigenvalue weighted by molar-refractivity contribution is 0.249. The van der Waals surface area contributed by atoms with Gasteiger partial charge >= 0.3 is 6.03 Å². The summed E-state index contributed by atoms with van der Waals surface area (Å²) in [6, 6.07) is 11.7. The van der Waals surface area contributed by atoms with Crippen LogP contribution in [0.1, 0.15) is 24.2 Å². The molecule has 3 rings (SSSR count). The predicted molar refractivity (Wildman–Crippen MR) is 95.2 cm³/mol. The molecule has 2 amide bonds. The summed E-state index contributed by atoms with van der Waals surface area (Å²) in [5, 5.41) is 9.66. The molecule has 26 heavy (non-hydrogen) atoms. The highest BCUT2D eigenvalue weighted by Gasteiger charge is 2.12. The van der Waals surface area contributed by atoms with Crippen LogP contribution in [0.2, 0.25) is 0 Å². The summed E-state index contributed by atoms with van der Waals surface area (Å²) < 4.78 is 28.1. The fourth-order valence-corrected chi connectivity index (χ4v) is 2.58. The Kier molecular flexibility index (Phi) is 4.97. The fraction of sp³-hybridized carbons (Fsp3) is 0.158. The SMILES string of the molecule is Cc1ccnn1-c1cccc(NC(=O)NC(C)c2ccc(F)c(F)c2)c1. The van der Waals surface area contributed by atoms with Gasteiger partial charge in [-0.25, -0.2) is 18.3 Å². The quantitative estimate of drug-likeness (QED) is 0.730. The third kappa shape index (κ3) is 3.88. The number of anilines is 1. The highest BCUT2D eigenvalue weighted by Crippen LogP contribution is 2.18. The molecule has 7 heteroatoms. The Labute approximate surface area is 149 Å². The second-order valence-corrected chi connectivity index (χ2v) is 5.93. The average Bonchev–Trinajstić information content (AvgIpc) is 3.03. The van der Waals surface area contributed by atoms with Gasteiger partial charge < -0.3 is 10.6 Å². The maximum absolute atomic E-state index is 13.3. The van der Waals surface area contributed by atoms with Gasteiger partial charge in [0.15, 0.2) is 11.6 Å². The lowest BCUT2D eigenvalue weighted by atomic mass is 10.1. The molecule has 1 unspecified atom stereocenters. The average molecular weight is 356 g/mol. The highest BCUT2D eigenvalue weighted by molar-refractivity contribution is 5.89. The Bertz CT molecular complexity index is 939. The molecule has 2 aromatic carbocycles. The van der Waals surface area contributed by atoms with Gasteiger partial charge in [-0.05, 0) is 55.8 Å². The molecule has 1 aromatic heterocycles. The zero-order chi connectivity index (χ0) is 18.7. The Balaban J connectivity index is 1.68. The molecule has 1 atom stereocenters. The molecular formula is C19H18F2N4O. The molecule has 0 saturated carbocycles. The van der Waals surface area contributed by atoms with Crippen molar-refractivity contribution in [2.24, 2.45) is 0 Å². The standard InChI is InChI=1S/C19H18F2N4O/c1-12-8-9-22-25(12)16-5-3-4-15(11-16)24-19(26)23-13(2)14-6-7-17(20)18(21)10-14/h3-11,13H,1-2H3,(H2,23,24,26). The van der Waals surface area contributed by atoms with Gasteiger partial charge in [-0.1, -0.05) is 12.1 Å². The Hall–Kier alpha value is -3.22. The van der Waals surface area contributed by atoms with E-state index in [0.717, 1.165) is 23.5 Å². The smallest absolute Gasteiger partial charge is 0.319 e. The Morgan fingerprint density at radius 1 is 1.12 bits per heavy atom. The summed E-state index contributed by atoms with van der Waals surface area (Å²) in [5.41, 5.74) is 2.85. The van der Waals surface area contributed by atoms with E-state index in [1.54, 1.807) is 29.9 Å².